The Labute approximate surface area is 73.4 Å². The molecule has 3 rings (SSSR count). The van der Waals surface area contributed by atoms with Crippen LogP contribution in [0.2, 0.25) is 0 Å². The molecule has 5 heteroatoms. The molecule has 0 aromatic carbocycles. The van der Waals surface area contributed by atoms with Crippen molar-refractivity contribution in [1.82, 2.24) is 24.6 Å². The van der Waals surface area contributed by atoms with Gasteiger partial charge in [-0.05, 0) is 13.0 Å². The summed E-state index contributed by atoms with van der Waals surface area (Å²) in [5.74, 6) is 0.877. The number of rotatable bonds is 0. The molecule has 0 spiro atoms. The molecule has 64 valence electrons. The molecule has 5 nitrogen and oxygen atoms in total. The summed E-state index contributed by atoms with van der Waals surface area (Å²) in [7, 11) is 0. The molecule has 0 bridgehead atoms. The predicted molar refractivity (Wildman–Crippen MR) is 47.4 cm³/mol. The molecule has 3 aromatic heterocycles. The van der Waals surface area contributed by atoms with Gasteiger partial charge >= 0.3 is 0 Å². The zero-order chi connectivity index (χ0) is 8.84. The first-order valence-electron chi connectivity index (χ1n) is 4.00. The van der Waals surface area contributed by atoms with Gasteiger partial charge in [-0.3, -0.25) is 4.40 Å². The van der Waals surface area contributed by atoms with Gasteiger partial charge in [0.1, 0.15) is 5.82 Å². The van der Waals surface area contributed by atoms with E-state index in [1.807, 2.05) is 23.6 Å². The molecule has 1 N–H and O–H groups in total. The number of H-pyrrole nitrogens is 1. The van der Waals surface area contributed by atoms with E-state index in [-0.39, 0.29) is 0 Å². The molecule has 0 saturated carbocycles. The summed E-state index contributed by atoms with van der Waals surface area (Å²) in [6, 6.07) is 1.96. The Morgan fingerprint density at radius 3 is 3.23 bits per heavy atom. The van der Waals surface area contributed by atoms with Gasteiger partial charge in [-0.2, -0.15) is 0 Å². The van der Waals surface area contributed by atoms with Crippen molar-refractivity contribution < 1.29 is 0 Å². The Bertz CT molecular complexity index is 576. The van der Waals surface area contributed by atoms with Gasteiger partial charge in [0.15, 0.2) is 11.3 Å². The lowest BCUT2D eigenvalue weighted by atomic mass is 10.5. The number of hydrogen-bond donors (Lipinski definition) is 1. The third-order valence-electron chi connectivity index (χ3n) is 2.10. The molecule has 0 saturated heterocycles. The summed E-state index contributed by atoms with van der Waals surface area (Å²) >= 11 is 0. The molecule has 0 atom stereocenters. The lowest BCUT2D eigenvalue weighted by Gasteiger charge is -1.95. The Morgan fingerprint density at radius 2 is 2.31 bits per heavy atom. The number of aromatic amines is 1. The number of aromatic nitrogens is 5. The van der Waals surface area contributed by atoms with E-state index < -0.39 is 0 Å². The zero-order valence-electron chi connectivity index (χ0n) is 7.02. The molecule has 0 amide bonds. The van der Waals surface area contributed by atoms with Gasteiger partial charge in [-0.25, -0.2) is 4.98 Å². The molecule has 0 aliphatic rings. The number of fused-ring (bicyclic) bond motifs is 3. The number of aryl methyl sites for hydroxylation is 1. The van der Waals surface area contributed by atoms with Crippen LogP contribution in [0.1, 0.15) is 5.82 Å². The monoisotopic (exact) mass is 173 g/mol. The Balaban J connectivity index is 2.70. The van der Waals surface area contributed by atoms with E-state index in [0.29, 0.717) is 0 Å². The smallest absolute Gasteiger partial charge is 0.179 e. The van der Waals surface area contributed by atoms with Gasteiger partial charge < -0.3 is 4.98 Å². The van der Waals surface area contributed by atoms with Crippen molar-refractivity contribution in [3.8, 4) is 0 Å². The minimum absolute atomic E-state index is 0.782. The van der Waals surface area contributed by atoms with Crippen LogP contribution in [0.25, 0.3) is 16.8 Å². The van der Waals surface area contributed by atoms with Crippen molar-refractivity contribution in [3.05, 3.63) is 24.3 Å². The molecule has 0 aliphatic carbocycles. The third kappa shape index (κ3) is 0.729. The van der Waals surface area contributed by atoms with Crippen LogP contribution in [0, 0.1) is 6.92 Å². The fraction of sp³-hybridized carbons (Fsp3) is 0.125. The fourth-order valence-electron chi connectivity index (χ4n) is 1.52. The molecule has 0 aliphatic heterocycles. The maximum Gasteiger partial charge on any atom is 0.179 e. The highest BCUT2D eigenvalue weighted by Gasteiger charge is 2.05. The largest absolute Gasteiger partial charge is 0.345 e. The Morgan fingerprint density at radius 1 is 1.38 bits per heavy atom. The third-order valence-corrected chi connectivity index (χ3v) is 2.10. The zero-order valence-corrected chi connectivity index (χ0v) is 7.02. The normalized spacial score (nSPS) is 11.5. The average molecular weight is 173 g/mol. The Hall–Kier alpha value is -1.91. The van der Waals surface area contributed by atoms with Crippen molar-refractivity contribution in [3.63, 3.8) is 0 Å². The molecule has 0 radical (unpaired) electrons. The molecular weight excluding hydrogens is 166 g/mol. The first-order chi connectivity index (χ1) is 6.36. The van der Waals surface area contributed by atoms with Gasteiger partial charge in [0.2, 0.25) is 0 Å². The second-order valence-electron chi connectivity index (χ2n) is 2.91. The van der Waals surface area contributed by atoms with Crippen molar-refractivity contribution >= 4 is 16.8 Å². The minimum atomic E-state index is 0.782. The van der Waals surface area contributed by atoms with E-state index in [2.05, 4.69) is 20.2 Å². The first-order valence-corrected chi connectivity index (χ1v) is 4.00. The van der Waals surface area contributed by atoms with Crippen LogP contribution in [0.3, 0.4) is 0 Å². The van der Waals surface area contributed by atoms with Crippen molar-refractivity contribution in [1.29, 1.82) is 0 Å². The summed E-state index contributed by atoms with van der Waals surface area (Å²) in [6.45, 7) is 1.92. The molecule has 0 unspecified atom stereocenters. The lowest BCUT2D eigenvalue weighted by Crippen LogP contribution is -1.90. The van der Waals surface area contributed by atoms with E-state index >= 15 is 0 Å². The van der Waals surface area contributed by atoms with Crippen LogP contribution < -0.4 is 0 Å². The second-order valence-corrected chi connectivity index (χ2v) is 2.91. The molecular formula is C8H7N5. The van der Waals surface area contributed by atoms with Crippen LogP contribution in [-0.2, 0) is 0 Å². The summed E-state index contributed by atoms with van der Waals surface area (Å²) < 4.78 is 1.97. The van der Waals surface area contributed by atoms with Crippen LogP contribution in [-0.4, -0.2) is 24.6 Å². The highest BCUT2D eigenvalue weighted by atomic mass is 15.3. The van der Waals surface area contributed by atoms with Crippen molar-refractivity contribution in [2.75, 3.05) is 0 Å². The van der Waals surface area contributed by atoms with Crippen LogP contribution in [0.15, 0.2) is 18.5 Å². The standard InChI is InChI=1S/C8H7N5/c1-5-11-12-7-4-10-8-6(13(5)7)2-3-9-8/h2-4,9H,1H3. The van der Waals surface area contributed by atoms with E-state index in [1.165, 1.54) is 0 Å². The SMILES string of the molecule is Cc1nnc2cnc3[nH]ccc3n12. The average Bonchev–Trinajstić information content (AvgIpc) is 2.70. The highest BCUT2D eigenvalue weighted by Crippen LogP contribution is 2.12. The molecule has 3 aromatic rings. The summed E-state index contributed by atoms with van der Waals surface area (Å²) in [4.78, 5) is 7.24. The van der Waals surface area contributed by atoms with Crippen LogP contribution in [0.4, 0.5) is 0 Å². The van der Waals surface area contributed by atoms with Gasteiger partial charge in [-0.15, -0.1) is 10.2 Å². The topological polar surface area (TPSA) is 58.9 Å². The van der Waals surface area contributed by atoms with E-state index in [9.17, 15) is 0 Å². The Kier molecular flexibility index (Phi) is 1.05. The van der Waals surface area contributed by atoms with Gasteiger partial charge in [0, 0.05) is 6.20 Å². The maximum atomic E-state index is 4.20. The van der Waals surface area contributed by atoms with Gasteiger partial charge in [-0.1, -0.05) is 0 Å². The summed E-state index contributed by atoms with van der Waals surface area (Å²) in [5.41, 5.74) is 2.65. The minimum Gasteiger partial charge on any atom is -0.345 e. The predicted octanol–water partition coefficient (Wildman–Crippen LogP) is 0.914. The second kappa shape index (κ2) is 2.07. The summed E-state index contributed by atoms with van der Waals surface area (Å²) in [6.07, 6.45) is 3.56. The van der Waals surface area contributed by atoms with E-state index in [1.54, 1.807) is 6.20 Å². The maximum absolute atomic E-state index is 4.20. The number of nitrogens with zero attached hydrogens (tertiary/aromatic N) is 4. The fourth-order valence-corrected chi connectivity index (χ4v) is 1.52. The van der Waals surface area contributed by atoms with Crippen LogP contribution in [0.5, 0.6) is 0 Å². The molecule has 13 heavy (non-hydrogen) atoms. The first kappa shape index (κ1) is 6.59. The van der Waals surface area contributed by atoms with Crippen molar-refractivity contribution in [2.45, 2.75) is 6.92 Å². The van der Waals surface area contributed by atoms with Gasteiger partial charge in [0.25, 0.3) is 0 Å². The summed E-state index contributed by atoms with van der Waals surface area (Å²) in [5, 5.41) is 7.97. The molecule has 0 fully saturated rings. The number of hydrogen-bond acceptors (Lipinski definition) is 3. The quantitative estimate of drug-likeness (QED) is 0.549. The lowest BCUT2D eigenvalue weighted by molar-refractivity contribution is 1.02. The van der Waals surface area contributed by atoms with Gasteiger partial charge in [0.05, 0.1) is 11.7 Å². The van der Waals surface area contributed by atoms with E-state index in [4.69, 9.17) is 0 Å². The molecule has 3 heterocycles. The van der Waals surface area contributed by atoms with Crippen molar-refractivity contribution in [2.24, 2.45) is 0 Å². The van der Waals surface area contributed by atoms with E-state index in [0.717, 1.165) is 22.6 Å². The highest BCUT2D eigenvalue weighted by molar-refractivity contribution is 5.74. The van der Waals surface area contributed by atoms with Crippen LogP contribution >= 0.6 is 0 Å². The number of nitrogens with one attached hydrogen (secondary N) is 1.